The largest absolute Gasteiger partial charge is 0.369 e. The number of aromatic amines is 1. The molecule has 148 valence electrons. The molecule has 3 aromatic rings. The molecule has 0 radical (unpaired) electrons. The summed E-state index contributed by atoms with van der Waals surface area (Å²) in [6.07, 6.45) is 3.90. The minimum absolute atomic E-state index is 0.675. The van der Waals surface area contributed by atoms with Crippen molar-refractivity contribution in [3.63, 3.8) is 0 Å². The Balaban J connectivity index is 1.27. The molecule has 4 rings (SSSR count). The van der Waals surface area contributed by atoms with Crippen molar-refractivity contribution in [2.75, 3.05) is 44.2 Å². The third-order valence-electron chi connectivity index (χ3n) is 5.60. The molecule has 1 aliphatic heterocycles. The smallest absolute Gasteiger partial charge is 0.0725 e. The van der Waals surface area contributed by atoms with E-state index in [1.54, 1.807) is 0 Å². The summed E-state index contributed by atoms with van der Waals surface area (Å²) in [7, 11) is 0. The maximum Gasteiger partial charge on any atom is 0.0725 e. The number of anilines is 1. The normalized spacial score (nSPS) is 15.4. The topological polar surface area (TPSA) is 57.5 Å². The van der Waals surface area contributed by atoms with Gasteiger partial charge in [0.25, 0.3) is 0 Å². The van der Waals surface area contributed by atoms with Gasteiger partial charge in [-0.15, -0.1) is 0 Å². The highest BCUT2D eigenvalue weighted by molar-refractivity contribution is 5.83. The van der Waals surface area contributed by atoms with Crippen LogP contribution in [0.3, 0.4) is 0 Å². The summed E-state index contributed by atoms with van der Waals surface area (Å²) in [4.78, 5) is 11.8. The van der Waals surface area contributed by atoms with Gasteiger partial charge in [-0.25, -0.2) is 0 Å². The average molecular weight is 379 g/mol. The molecule has 1 aromatic heterocycles. The second-order valence-electron chi connectivity index (χ2n) is 7.52. The summed E-state index contributed by atoms with van der Waals surface area (Å²) in [5.41, 5.74) is 12.2. The quantitative estimate of drug-likeness (QED) is 0.662. The Morgan fingerprint density at radius 3 is 2.64 bits per heavy atom. The molecule has 2 heterocycles. The zero-order chi connectivity index (χ0) is 19.3. The number of hydrogen-bond donors (Lipinski definition) is 2. The van der Waals surface area contributed by atoms with Crippen LogP contribution in [-0.4, -0.2) is 49.4 Å². The molecule has 1 fully saturated rings. The van der Waals surface area contributed by atoms with Crippen molar-refractivity contribution in [2.45, 2.75) is 19.8 Å². The van der Waals surface area contributed by atoms with Crippen LogP contribution in [0.5, 0.6) is 0 Å². The van der Waals surface area contributed by atoms with Crippen molar-refractivity contribution >= 4 is 16.6 Å². The molecular formula is C23H30N4O. The van der Waals surface area contributed by atoms with E-state index in [0.29, 0.717) is 13.2 Å². The summed E-state index contributed by atoms with van der Waals surface area (Å²) < 4.78 is 0. The van der Waals surface area contributed by atoms with Crippen LogP contribution < -0.4 is 10.6 Å². The third-order valence-corrected chi connectivity index (χ3v) is 5.60. The van der Waals surface area contributed by atoms with Crippen molar-refractivity contribution in [2.24, 2.45) is 5.73 Å². The Morgan fingerprint density at radius 2 is 1.86 bits per heavy atom. The molecule has 0 saturated carbocycles. The van der Waals surface area contributed by atoms with Crippen LogP contribution in [0.4, 0.5) is 5.69 Å². The van der Waals surface area contributed by atoms with Crippen molar-refractivity contribution in [3.05, 3.63) is 65.4 Å². The Bertz CT molecular complexity index is 912. The first-order valence-corrected chi connectivity index (χ1v) is 10.2. The Labute approximate surface area is 167 Å². The Morgan fingerprint density at radius 1 is 1.04 bits per heavy atom. The first kappa shape index (κ1) is 19.0. The van der Waals surface area contributed by atoms with E-state index in [-0.39, 0.29) is 0 Å². The van der Waals surface area contributed by atoms with E-state index in [1.807, 2.05) is 0 Å². The highest BCUT2D eigenvalue weighted by Crippen LogP contribution is 2.22. The number of rotatable bonds is 7. The summed E-state index contributed by atoms with van der Waals surface area (Å²) in [6.45, 7) is 7.45. The number of aromatic nitrogens is 1. The average Bonchev–Trinajstić information content (AvgIpc) is 3.12. The summed E-state index contributed by atoms with van der Waals surface area (Å²) >= 11 is 0. The third kappa shape index (κ3) is 4.22. The summed E-state index contributed by atoms with van der Waals surface area (Å²) in [5, 5.41) is 3.40. The van der Waals surface area contributed by atoms with E-state index in [0.717, 1.165) is 39.0 Å². The van der Waals surface area contributed by atoms with Gasteiger partial charge < -0.3 is 15.6 Å². The van der Waals surface area contributed by atoms with Gasteiger partial charge in [0.05, 0.1) is 6.61 Å². The van der Waals surface area contributed by atoms with Crippen molar-refractivity contribution in [1.82, 2.24) is 10.0 Å². The highest BCUT2D eigenvalue weighted by Gasteiger charge is 2.18. The van der Waals surface area contributed by atoms with Crippen LogP contribution in [0, 0.1) is 6.92 Å². The van der Waals surface area contributed by atoms with E-state index in [4.69, 9.17) is 10.6 Å². The number of para-hydroxylation sites is 1. The lowest BCUT2D eigenvalue weighted by Gasteiger charge is -2.36. The molecular weight excluding hydrogens is 348 g/mol. The van der Waals surface area contributed by atoms with Crippen LogP contribution in [0.2, 0.25) is 0 Å². The van der Waals surface area contributed by atoms with E-state index < -0.39 is 0 Å². The van der Waals surface area contributed by atoms with E-state index in [2.05, 4.69) is 70.5 Å². The number of piperazine rings is 1. The zero-order valence-electron chi connectivity index (χ0n) is 16.7. The van der Waals surface area contributed by atoms with E-state index in [1.165, 1.54) is 33.3 Å². The lowest BCUT2D eigenvalue weighted by atomic mass is 10.1. The molecule has 5 nitrogen and oxygen atoms in total. The van der Waals surface area contributed by atoms with E-state index in [9.17, 15) is 0 Å². The number of nitrogens with one attached hydrogen (secondary N) is 1. The molecule has 5 heteroatoms. The van der Waals surface area contributed by atoms with Crippen LogP contribution in [0.1, 0.15) is 16.7 Å². The van der Waals surface area contributed by atoms with Gasteiger partial charge in [0.2, 0.25) is 0 Å². The van der Waals surface area contributed by atoms with Crippen LogP contribution in [0.25, 0.3) is 10.9 Å². The number of H-pyrrole nitrogens is 1. The second-order valence-corrected chi connectivity index (χ2v) is 7.52. The fourth-order valence-corrected chi connectivity index (χ4v) is 4.01. The molecule has 1 aliphatic rings. The van der Waals surface area contributed by atoms with Crippen LogP contribution in [0.15, 0.2) is 48.7 Å². The number of fused-ring (bicyclic) bond motifs is 1. The van der Waals surface area contributed by atoms with Gasteiger partial charge in [0, 0.05) is 49.0 Å². The molecule has 1 saturated heterocycles. The SMILES string of the molecule is Cc1ccccc1N1CCN(OCCc2ccc3[nH]cc(CCN)c3c2)CC1. The first-order valence-electron chi connectivity index (χ1n) is 10.2. The van der Waals surface area contributed by atoms with Gasteiger partial charge in [0.1, 0.15) is 0 Å². The Hall–Kier alpha value is -2.34. The van der Waals surface area contributed by atoms with Crippen LogP contribution in [-0.2, 0) is 17.7 Å². The number of hydroxylamine groups is 2. The summed E-state index contributed by atoms with van der Waals surface area (Å²) in [6, 6.07) is 15.2. The second kappa shape index (κ2) is 8.78. The number of nitrogens with two attached hydrogens (primary N) is 1. The number of hydrogen-bond acceptors (Lipinski definition) is 4. The molecule has 3 N–H and O–H groups in total. The number of aryl methyl sites for hydroxylation is 1. The van der Waals surface area contributed by atoms with Crippen molar-refractivity contribution in [1.29, 1.82) is 0 Å². The van der Waals surface area contributed by atoms with Gasteiger partial charge in [-0.2, -0.15) is 5.06 Å². The maximum atomic E-state index is 6.05. The molecule has 2 aromatic carbocycles. The monoisotopic (exact) mass is 378 g/mol. The maximum absolute atomic E-state index is 6.05. The predicted octanol–water partition coefficient (Wildman–Crippen LogP) is 3.27. The zero-order valence-corrected chi connectivity index (χ0v) is 16.7. The van der Waals surface area contributed by atoms with Gasteiger partial charge in [-0.05, 0) is 61.2 Å². The molecule has 0 bridgehead atoms. The Kier molecular flexibility index (Phi) is 5.95. The standard InChI is InChI=1S/C23H30N4O/c1-18-4-2-3-5-23(18)26-11-13-27(14-12-26)28-15-9-19-6-7-22-21(16-19)20(8-10-24)17-25-22/h2-7,16-17,25H,8-15,24H2,1H3. The van der Waals surface area contributed by atoms with Crippen LogP contribution >= 0.6 is 0 Å². The molecule has 0 unspecified atom stereocenters. The molecule has 28 heavy (non-hydrogen) atoms. The van der Waals surface area contributed by atoms with Gasteiger partial charge >= 0.3 is 0 Å². The molecule has 0 aliphatic carbocycles. The minimum Gasteiger partial charge on any atom is -0.369 e. The number of nitrogens with zero attached hydrogens (tertiary/aromatic N) is 2. The molecule has 0 amide bonds. The van der Waals surface area contributed by atoms with Gasteiger partial charge in [-0.3, -0.25) is 4.84 Å². The fraction of sp³-hybridized carbons (Fsp3) is 0.391. The fourth-order valence-electron chi connectivity index (χ4n) is 4.01. The van der Waals surface area contributed by atoms with Gasteiger partial charge in [-0.1, -0.05) is 24.3 Å². The lowest BCUT2D eigenvalue weighted by Crippen LogP contribution is -2.46. The first-order chi connectivity index (χ1) is 13.7. The minimum atomic E-state index is 0.675. The van der Waals surface area contributed by atoms with Crippen molar-refractivity contribution < 1.29 is 4.84 Å². The highest BCUT2D eigenvalue weighted by atomic mass is 16.7. The van der Waals surface area contributed by atoms with E-state index >= 15 is 0 Å². The van der Waals surface area contributed by atoms with Crippen molar-refractivity contribution in [3.8, 4) is 0 Å². The summed E-state index contributed by atoms with van der Waals surface area (Å²) in [5.74, 6) is 0. The van der Waals surface area contributed by atoms with Gasteiger partial charge in [0.15, 0.2) is 0 Å². The molecule has 0 atom stereocenters. The number of benzene rings is 2. The lowest BCUT2D eigenvalue weighted by molar-refractivity contribution is -0.160. The predicted molar refractivity (Wildman–Crippen MR) is 116 cm³/mol. The molecule has 0 spiro atoms.